The molecule has 0 atom stereocenters. The molecule has 2 aromatic rings. The normalized spacial score (nSPS) is 15.0. The first kappa shape index (κ1) is 13.2. The summed E-state index contributed by atoms with van der Waals surface area (Å²) in [5.74, 6) is -0.114. The number of carbonyl (C=O) groups is 1. The maximum Gasteiger partial charge on any atom is 0.257 e. The van der Waals surface area contributed by atoms with Gasteiger partial charge in [-0.3, -0.25) is 10.1 Å². The maximum absolute atomic E-state index is 12.3. The van der Waals surface area contributed by atoms with Crippen LogP contribution in [0.1, 0.15) is 22.3 Å². The van der Waals surface area contributed by atoms with Gasteiger partial charge in [-0.15, -0.1) is 0 Å². The van der Waals surface area contributed by atoms with Crippen LogP contribution in [0.5, 0.6) is 0 Å². The number of amides is 1. The number of hydrogen-bond donors (Lipinski definition) is 1. The Labute approximate surface area is 132 Å². The van der Waals surface area contributed by atoms with E-state index in [0.29, 0.717) is 10.7 Å². The number of aryl methyl sites for hydroxylation is 1. The molecule has 0 bridgehead atoms. The van der Waals surface area contributed by atoms with Crippen molar-refractivity contribution < 1.29 is 4.79 Å². The number of thiazole rings is 1. The molecule has 0 fully saturated rings. The molecule has 0 spiro atoms. The first-order valence-corrected chi connectivity index (χ1v) is 7.99. The van der Waals surface area contributed by atoms with Crippen LogP contribution in [0.4, 0.5) is 5.13 Å². The van der Waals surface area contributed by atoms with Crippen LogP contribution in [0.3, 0.4) is 0 Å². The topological polar surface area (TPSA) is 42.0 Å². The highest BCUT2D eigenvalue weighted by atomic mass is 32.1. The Morgan fingerprint density at radius 2 is 2.09 bits per heavy atom. The SMILES string of the molecule is Cc1ccc(C(=O)Nc2nc3c(s2)=CC2=CC=CCC=32)cc1. The quantitative estimate of drug-likeness (QED) is 0.926. The van der Waals surface area contributed by atoms with Gasteiger partial charge in [0.05, 0.1) is 9.88 Å². The van der Waals surface area contributed by atoms with Crippen molar-refractivity contribution in [1.82, 2.24) is 4.98 Å². The van der Waals surface area contributed by atoms with Crippen LogP contribution < -0.4 is 15.2 Å². The molecule has 22 heavy (non-hydrogen) atoms. The molecule has 2 aliphatic rings. The Hall–Kier alpha value is -2.46. The lowest BCUT2D eigenvalue weighted by Crippen LogP contribution is -2.20. The molecule has 108 valence electrons. The molecule has 1 aromatic carbocycles. The van der Waals surface area contributed by atoms with E-state index in [1.807, 2.05) is 31.2 Å². The minimum absolute atomic E-state index is 0.114. The second-order valence-electron chi connectivity index (χ2n) is 5.43. The number of anilines is 1. The van der Waals surface area contributed by atoms with E-state index in [1.165, 1.54) is 22.5 Å². The van der Waals surface area contributed by atoms with Gasteiger partial charge in [0, 0.05) is 5.56 Å². The number of rotatable bonds is 2. The highest BCUT2D eigenvalue weighted by molar-refractivity contribution is 7.13. The monoisotopic (exact) mass is 306 g/mol. The first-order valence-electron chi connectivity index (χ1n) is 7.18. The van der Waals surface area contributed by atoms with Gasteiger partial charge in [0.15, 0.2) is 5.13 Å². The highest BCUT2D eigenvalue weighted by Crippen LogP contribution is 2.24. The number of aromatic nitrogens is 1. The van der Waals surface area contributed by atoms with E-state index < -0.39 is 0 Å². The van der Waals surface area contributed by atoms with E-state index in [0.717, 1.165) is 21.9 Å². The molecule has 0 radical (unpaired) electrons. The third-order valence-electron chi connectivity index (χ3n) is 3.84. The van der Waals surface area contributed by atoms with Gasteiger partial charge < -0.3 is 0 Å². The molecule has 3 nitrogen and oxygen atoms in total. The summed E-state index contributed by atoms with van der Waals surface area (Å²) < 4.78 is 1.13. The fourth-order valence-corrected chi connectivity index (χ4v) is 3.60. The smallest absolute Gasteiger partial charge is 0.257 e. The fourth-order valence-electron chi connectivity index (χ4n) is 2.66. The average molecular weight is 306 g/mol. The molecule has 1 aromatic heterocycles. The lowest BCUT2D eigenvalue weighted by molar-refractivity contribution is 0.102. The van der Waals surface area contributed by atoms with Gasteiger partial charge in [-0.1, -0.05) is 47.3 Å². The van der Waals surface area contributed by atoms with Gasteiger partial charge in [-0.25, -0.2) is 4.98 Å². The molecule has 2 aliphatic carbocycles. The number of carbonyl (C=O) groups excluding carboxylic acids is 1. The molecule has 1 amide bonds. The largest absolute Gasteiger partial charge is 0.298 e. The van der Waals surface area contributed by atoms with E-state index in [2.05, 4.69) is 34.6 Å². The third-order valence-corrected chi connectivity index (χ3v) is 4.76. The van der Waals surface area contributed by atoms with Crippen LogP contribution in [0, 0.1) is 6.92 Å². The van der Waals surface area contributed by atoms with E-state index in [4.69, 9.17) is 0 Å². The summed E-state index contributed by atoms with van der Waals surface area (Å²) in [5, 5.41) is 4.57. The van der Waals surface area contributed by atoms with Crippen molar-refractivity contribution in [3.8, 4) is 0 Å². The Morgan fingerprint density at radius 1 is 1.27 bits per heavy atom. The van der Waals surface area contributed by atoms with Crippen molar-refractivity contribution in [3.63, 3.8) is 0 Å². The summed E-state index contributed by atoms with van der Waals surface area (Å²) in [5.41, 5.74) is 4.29. The van der Waals surface area contributed by atoms with Crippen molar-refractivity contribution in [2.45, 2.75) is 13.3 Å². The molecular formula is C18H14N2OS. The summed E-state index contributed by atoms with van der Waals surface area (Å²) in [7, 11) is 0. The van der Waals surface area contributed by atoms with Gasteiger partial charge in [0.25, 0.3) is 5.91 Å². The average Bonchev–Trinajstić information content (AvgIpc) is 3.05. The Morgan fingerprint density at radius 3 is 2.91 bits per heavy atom. The second-order valence-corrected chi connectivity index (χ2v) is 6.46. The Bertz CT molecular complexity index is 946. The number of hydrogen-bond acceptors (Lipinski definition) is 3. The molecule has 4 heteroatoms. The fraction of sp³-hybridized carbons (Fsp3) is 0.111. The second kappa shape index (κ2) is 5.07. The van der Waals surface area contributed by atoms with Gasteiger partial charge in [-0.2, -0.15) is 0 Å². The van der Waals surface area contributed by atoms with Crippen molar-refractivity contribution in [1.29, 1.82) is 0 Å². The summed E-state index contributed by atoms with van der Waals surface area (Å²) in [6, 6.07) is 7.54. The predicted molar refractivity (Wildman–Crippen MR) is 90.2 cm³/mol. The van der Waals surface area contributed by atoms with Crippen molar-refractivity contribution >= 4 is 34.0 Å². The Balaban J connectivity index is 1.63. The molecule has 0 unspecified atom stereocenters. The minimum Gasteiger partial charge on any atom is -0.298 e. The molecule has 1 heterocycles. The zero-order valence-electron chi connectivity index (χ0n) is 12.1. The van der Waals surface area contributed by atoms with E-state index in [9.17, 15) is 4.79 Å². The van der Waals surface area contributed by atoms with Crippen LogP contribution in [-0.4, -0.2) is 10.9 Å². The number of benzene rings is 1. The summed E-state index contributed by atoms with van der Waals surface area (Å²) in [4.78, 5) is 16.9. The van der Waals surface area contributed by atoms with Crippen LogP contribution in [-0.2, 0) is 0 Å². The molecule has 1 N–H and O–H groups in total. The lowest BCUT2D eigenvalue weighted by Gasteiger charge is -2.05. The lowest BCUT2D eigenvalue weighted by atomic mass is 10.0. The molecular weight excluding hydrogens is 292 g/mol. The maximum atomic E-state index is 12.3. The number of fused-ring (bicyclic) bond motifs is 2. The summed E-state index contributed by atoms with van der Waals surface area (Å²) in [6.45, 7) is 2.00. The van der Waals surface area contributed by atoms with Crippen molar-refractivity contribution in [2.24, 2.45) is 0 Å². The highest BCUT2D eigenvalue weighted by Gasteiger charge is 2.16. The number of allylic oxidation sites excluding steroid dienone is 4. The number of nitrogens with zero attached hydrogens (tertiary/aromatic N) is 1. The van der Waals surface area contributed by atoms with E-state index in [-0.39, 0.29) is 5.91 Å². The molecule has 0 saturated carbocycles. The van der Waals surface area contributed by atoms with Crippen molar-refractivity contribution in [2.75, 3.05) is 5.32 Å². The summed E-state index contributed by atoms with van der Waals surface area (Å²) >= 11 is 1.53. The van der Waals surface area contributed by atoms with Crippen LogP contribution >= 0.6 is 11.3 Å². The van der Waals surface area contributed by atoms with Crippen LogP contribution in [0.25, 0.3) is 11.6 Å². The van der Waals surface area contributed by atoms with Gasteiger partial charge in [-0.05, 0) is 42.7 Å². The standard InChI is InChI=1S/C18H14N2OS/c1-11-6-8-12(9-7-11)17(21)20-18-19-16-14-5-3-2-4-13(14)10-15(16)22-18/h2-4,6-10H,5H2,1H3,(H,19,20,21). The predicted octanol–water partition coefficient (Wildman–Crippen LogP) is 2.53. The van der Waals surface area contributed by atoms with Gasteiger partial charge in [0.1, 0.15) is 0 Å². The first-order chi connectivity index (χ1) is 10.7. The zero-order valence-corrected chi connectivity index (χ0v) is 12.9. The Kier molecular flexibility index (Phi) is 3.05. The minimum atomic E-state index is -0.114. The van der Waals surface area contributed by atoms with E-state index in [1.54, 1.807) is 0 Å². The number of nitrogens with one attached hydrogen (secondary N) is 1. The van der Waals surface area contributed by atoms with Crippen LogP contribution in [0.15, 0.2) is 48.1 Å². The van der Waals surface area contributed by atoms with Crippen molar-refractivity contribution in [3.05, 3.63) is 69.1 Å². The molecule has 0 saturated heterocycles. The van der Waals surface area contributed by atoms with Gasteiger partial charge in [0.2, 0.25) is 0 Å². The summed E-state index contributed by atoms with van der Waals surface area (Å²) in [6.07, 6.45) is 9.37. The third kappa shape index (κ3) is 2.22. The zero-order chi connectivity index (χ0) is 15.1. The molecule has 0 aliphatic heterocycles. The van der Waals surface area contributed by atoms with E-state index >= 15 is 0 Å². The van der Waals surface area contributed by atoms with Crippen LogP contribution in [0.2, 0.25) is 0 Å². The molecule has 4 rings (SSSR count). The van der Waals surface area contributed by atoms with Gasteiger partial charge >= 0.3 is 0 Å².